The number of benzene rings is 1. The van der Waals surface area contributed by atoms with Gasteiger partial charge in [-0.1, -0.05) is 15.9 Å². The van der Waals surface area contributed by atoms with Crippen molar-refractivity contribution in [3.8, 4) is 0 Å². The molecule has 1 saturated heterocycles. The minimum absolute atomic E-state index is 0.0795. The number of nitrogens with zero attached hydrogens (tertiary/aromatic N) is 2. The fourth-order valence-corrected chi connectivity index (χ4v) is 3.47. The van der Waals surface area contributed by atoms with E-state index < -0.39 is 5.41 Å². The van der Waals surface area contributed by atoms with Gasteiger partial charge in [0, 0.05) is 23.6 Å². The van der Waals surface area contributed by atoms with Crippen molar-refractivity contribution < 1.29 is 14.5 Å². The fourth-order valence-electron chi connectivity index (χ4n) is 3.12. The fraction of sp³-hybridized carbons (Fsp3) is 0.562. The first kappa shape index (κ1) is 17.7. The van der Waals surface area contributed by atoms with Crippen molar-refractivity contribution in [3.05, 3.63) is 32.8 Å². The largest absolute Gasteiger partial charge is 0.469 e. The lowest BCUT2D eigenvalue weighted by Gasteiger charge is -2.40. The number of esters is 1. The molecular formula is C16H21BrN2O4. The summed E-state index contributed by atoms with van der Waals surface area (Å²) in [4.78, 5) is 25.0. The monoisotopic (exact) mass is 384 g/mol. The number of nitro groups is 1. The van der Waals surface area contributed by atoms with Crippen LogP contribution in [0.4, 0.5) is 11.4 Å². The molecule has 126 valence electrons. The molecule has 0 aromatic heterocycles. The number of rotatable bonds is 4. The van der Waals surface area contributed by atoms with E-state index in [2.05, 4.69) is 15.9 Å². The molecule has 0 spiro atoms. The molecule has 6 nitrogen and oxygen atoms in total. The van der Waals surface area contributed by atoms with E-state index in [4.69, 9.17) is 4.74 Å². The summed E-state index contributed by atoms with van der Waals surface area (Å²) in [5, 5.41) is 11.3. The van der Waals surface area contributed by atoms with Crippen molar-refractivity contribution in [2.75, 3.05) is 25.1 Å². The van der Waals surface area contributed by atoms with E-state index in [9.17, 15) is 14.9 Å². The van der Waals surface area contributed by atoms with Crippen molar-refractivity contribution in [2.24, 2.45) is 11.3 Å². The van der Waals surface area contributed by atoms with Gasteiger partial charge in [-0.3, -0.25) is 14.9 Å². The Morgan fingerprint density at radius 3 is 2.78 bits per heavy atom. The van der Waals surface area contributed by atoms with Crippen LogP contribution in [0, 0.1) is 21.4 Å². The topological polar surface area (TPSA) is 72.7 Å². The predicted molar refractivity (Wildman–Crippen MR) is 91.5 cm³/mol. The second-order valence-corrected chi connectivity index (χ2v) is 7.30. The summed E-state index contributed by atoms with van der Waals surface area (Å²) in [7, 11) is 1.39. The van der Waals surface area contributed by atoms with E-state index in [0.29, 0.717) is 16.7 Å². The van der Waals surface area contributed by atoms with Crippen LogP contribution in [0.2, 0.25) is 0 Å². The van der Waals surface area contributed by atoms with Crippen LogP contribution >= 0.6 is 15.9 Å². The molecule has 1 aromatic carbocycles. The van der Waals surface area contributed by atoms with Crippen LogP contribution in [0.15, 0.2) is 22.7 Å². The molecule has 0 aliphatic carbocycles. The van der Waals surface area contributed by atoms with Gasteiger partial charge in [0.05, 0.1) is 17.4 Å². The highest BCUT2D eigenvalue weighted by Gasteiger charge is 2.40. The summed E-state index contributed by atoms with van der Waals surface area (Å²) in [5.74, 6) is -0.151. The number of carbonyl (C=O) groups excluding carboxylic acids is 1. The Kier molecular flexibility index (Phi) is 5.29. The van der Waals surface area contributed by atoms with Gasteiger partial charge in [-0.05, 0) is 44.7 Å². The van der Waals surface area contributed by atoms with Crippen LogP contribution < -0.4 is 4.90 Å². The Hall–Kier alpha value is -1.63. The lowest BCUT2D eigenvalue weighted by molar-refractivity contribution is -0.384. The lowest BCUT2D eigenvalue weighted by Crippen LogP contribution is -2.45. The molecule has 1 unspecified atom stereocenters. The Morgan fingerprint density at radius 2 is 2.17 bits per heavy atom. The summed E-state index contributed by atoms with van der Waals surface area (Å²) in [5.41, 5.74) is 0.0665. The summed E-state index contributed by atoms with van der Waals surface area (Å²) in [6.45, 7) is 5.10. The maximum atomic E-state index is 12.0. The molecule has 0 bridgehead atoms. The first-order chi connectivity index (χ1) is 10.8. The molecule has 0 N–H and O–H groups in total. The molecule has 0 amide bonds. The lowest BCUT2D eigenvalue weighted by atomic mass is 9.74. The number of carbonyl (C=O) groups is 1. The Balaban J connectivity index is 2.29. The Labute approximate surface area is 144 Å². The molecule has 1 aliphatic heterocycles. The van der Waals surface area contributed by atoms with Gasteiger partial charge in [0.15, 0.2) is 0 Å². The third kappa shape index (κ3) is 3.65. The molecule has 1 aliphatic rings. The molecule has 1 fully saturated rings. The maximum absolute atomic E-state index is 12.0. The van der Waals surface area contributed by atoms with Gasteiger partial charge >= 0.3 is 5.97 Å². The molecule has 0 radical (unpaired) electrons. The Bertz CT molecular complexity index is 618. The average molecular weight is 385 g/mol. The second-order valence-electron chi connectivity index (χ2n) is 6.39. The minimum Gasteiger partial charge on any atom is -0.469 e. The molecule has 1 aromatic rings. The van der Waals surface area contributed by atoms with Crippen LogP contribution in [0.25, 0.3) is 0 Å². The summed E-state index contributed by atoms with van der Waals surface area (Å²) >= 11 is 3.28. The van der Waals surface area contributed by atoms with Crippen LogP contribution in [0.5, 0.6) is 0 Å². The molecule has 1 atom stereocenters. The number of ether oxygens (including phenoxy) is 1. The van der Waals surface area contributed by atoms with Crippen molar-refractivity contribution in [1.82, 2.24) is 0 Å². The zero-order chi connectivity index (χ0) is 17.2. The number of hydrogen-bond donors (Lipinski definition) is 0. The quantitative estimate of drug-likeness (QED) is 0.448. The zero-order valence-electron chi connectivity index (χ0n) is 13.5. The van der Waals surface area contributed by atoms with E-state index in [1.165, 1.54) is 13.2 Å². The van der Waals surface area contributed by atoms with Gasteiger partial charge in [-0.15, -0.1) is 0 Å². The highest BCUT2D eigenvalue weighted by atomic mass is 79.9. The van der Waals surface area contributed by atoms with E-state index in [1.807, 2.05) is 18.7 Å². The third-order valence-electron chi connectivity index (χ3n) is 4.63. The van der Waals surface area contributed by atoms with E-state index >= 15 is 0 Å². The highest BCUT2D eigenvalue weighted by molar-refractivity contribution is 9.10. The smallest absolute Gasteiger partial charge is 0.311 e. The Morgan fingerprint density at radius 1 is 1.48 bits per heavy atom. The van der Waals surface area contributed by atoms with Crippen molar-refractivity contribution in [1.29, 1.82) is 0 Å². The van der Waals surface area contributed by atoms with Gasteiger partial charge in [-0.2, -0.15) is 0 Å². The maximum Gasteiger partial charge on any atom is 0.311 e. The third-order valence-corrected chi connectivity index (χ3v) is 5.12. The standard InChI is InChI=1S/C16H21BrN2O4/c1-16(2,15(20)23-3)11-5-4-8-18(10-11)13-7-6-12(17)9-14(13)19(21)22/h6-7,9,11H,4-5,8,10H2,1-3H3. The number of halogens is 1. The molecular weight excluding hydrogens is 364 g/mol. The normalized spacial score (nSPS) is 18.6. The summed E-state index contributed by atoms with van der Waals surface area (Å²) in [6, 6.07) is 5.08. The van der Waals surface area contributed by atoms with Crippen LogP contribution in [0.1, 0.15) is 26.7 Å². The van der Waals surface area contributed by atoms with Crippen LogP contribution in [-0.4, -0.2) is 31.1 Å². The average Bonchev–Trinajstić information content (AvgIpc) is 2.53. The minimum atomic E-state index is -0.614. The summed E-state index contributed by atoms with van der Waals surface area (Å²) in [6.07, 6.45) is 1.79. The van der Waals surface area contributed by atoms with Crippen molar-refractivity contribution in [2.45, 2.75) is 26.7 Å². The van der Waals surface area contributed by atoms with Crippen LogP contribution in [-0.2, 0) is 9.53 Å². The number of piperidine rings is 1. The van der Waals surface area contributed by atoms with Crippen molar-refractivity contribution in [3.63, 3.8) is 0 Å². The van der Waals surface area contributed by atoms with Gasteiger partial charge in [0.2, 0.25) is 0 Å². The van der Waals surface area contributed by atoms with Gasteiger partial charge in [-0.25, -0.2) is 0 Å². The molecule has 0 saturated carbocycles. The number of nitro benzene ring substituents is 1. The zero-order valence-corrected chi connectivity index (χ0v) is 15.1. The van der Waals surface area contributed by atoms with Gasteiger partial charge in [0.25, 0.3) is 5.69 Å². The van der Waals surface area contributed by atoms with E-state index in [1.54, 1.807) is 12.1 Å². The highest BCUT2D eigenvalue weighted by Crippen LogP contribution is 2.39. The van der Waals surface area contributed by atoms with Crippen LogP contribution in [0.3, 0.4) is 0 Å². The van der Waals surface area contributed by atoms with E-state index in [-0.39, 0.29) is 22.5 Å². The second kappa shape index (κ2) is 6.86. The number of methoxy groups -OCH3 is 1. The number of anilines is 1. The molecule has 2 rings (SSSR count). The summed E-state index contributed by atoms with van der Waals surface area (Å²) < 4.78 is 5.59. The first-order valence-electron chi connectivity index (χ1n) is 7.54. The molecule has 23 heavy (non-hydrogen) atoms. The van der Waals surface area contributed by atoms with E-state index in [0.717, 1.165) is 19.4 Å². The SMILES string of the molecule is COC(=O)C(C)(C)C1CCCN(c2ccc(Br)cc2[N+](=O)[O-])C1. The van der Waals surface area contributed by atoms with Gasteiger partial charge < -0.3 is 9.64 Å². The number of hydrogen-bond acceptors (Lipinski definition) is 5. The molecule has 7 heteroatoms. The van der Waals surface area contributed by atoms with Crippen molar-refractivity contribution >= 4 is 33.3 Å². The first-order valence-corrected chi connectivity index (χ1v) is 8.34. The predicted octanol–water partition coefficient (Wildman–Crippen LogP) is 3.77. The molecule has 1 heterocycles. The van der Waals surface area contributed by atoms with Gasteiger partial charge in [0.1, 0.15) is 5.69 Å².